The van der Waals surface area contributed by atoms with E-state index in [0.717, 1.165) is 17.3 Å². The fraction of sp³-hybridized carbons (Fsp3) is 0.118. The highest BCUT2D eigenvalue weighted by molar-refractivity contribution is 8.00. The second kappa shape index (κ2) is 7.27. The van der Waals surface area contributed by atoms with Crippen LogP contribution in [-0.4, -0.2) is 21.4 Å². The molecule has 24 heavy (non-hydrogen) atoms. The Morgan fingerprint density at radius 1 is 1.17 bits per heavy atom. The van der Waals surface area contributed by atoms with Crippen molar-refractivity contribution in [1.29, 1.82) is 0 Å². The van der Waals surface area contributed by atoms with Gasteiger partial charge in [0.15, 0.2) is 0 Å². The molecule has 0 unspecified atom stereocenters. The Balaban J connectivity index is 1.63. The number of benzene rings is 2. The molecule has 0 aliphatic carbocycles. The molecule has 0 fully saturated rings. The van der Waals surface area contributed by atoms with Gasteiger partial charge in [0.2, 0.25) is 11.8 Å². The maximum Gasteiger partial charge on any atom is 0.277 e. The Morgan fingerprint density at radius 2 is 1.96 bits per heavy atom. The SMILES string of the molecule is C[C@@H](Sc1nnc(-c2ccccc2)o1)C(=O)Nc1cccc(F)c1. The maximum absolute atomic E-state index is 13.1. The van der Waals surface area contributed by atoms with Gasteiger partial charge in [-0.3, -0.25) is 4.79 Å². The highest BCUT2D eigenvalue weighted by Gasteiger charge is 2.19. The predicted octanol–water partition coefficient (Wildman–Crippen LogP) is 4.00. The summed E-state index contributed by atoms with van der Waals surface area (Å²) in [6, 6.07) is 15.1. The van der Waals surface area contributed by atoms with Crippen LogP contribution in [0.3, 0.4) is 0 Å². The fourth-order valence-corrected chi connectivity index (χ4v) is 2.65. The Hall–Kier alpha value is -2.67. The molecular formula is C17H14FN3O2S. The molecule has 5 nitrogen and oxygen atoms in total. The van der Waals surface area contributed by atoms with Crippen molar-refractivity contribution in [3.05, 3.63) is 60.4 Å². The molecule has 1 heterocycles. The minimum atomic E-state index is -0.475. The number of hydrogen-bond donors (Lipinski definition) is 1. The lowest BCUT2D eigenvalue weighted by Crippen LogP contribution is -2.22. The van der Waals surface area contributed by atoms with Crippen molar-refractivity contribution >= 4 is 23.4 Å². The minimum absolute atomic E-state index is 0.273. The minimum Gasteiger partial charge on any atom is -0.411 e. The third-order valence-corrected chi connectivity index (χ3v) is 4.10. The van der Waals surface area contributed by atoms with E-state index in [1.165, 1.54) is 18.2 Å². The summed E-state index contributed by atoms with van der Waals surface area (Å²) in [5, 5.41) is 10.4. The number of rotatable bonds is 5. The largest absolute Gasteiger partial charge is 0.411 e. The zero-order chi connectivity index (χ0) is 16.9. The number of thioether (sulfide) groups is 1. The molecule has 1 aromatic heterocycles. The number of halogens is 1. The van der Waals surface area contributed by atoms with Gasteiger partial charge in [0, 0.05) is 11.3 Å². The molecule has 3 rings (SSSR count). The molecule has 1 N–H and O–H groups in total. The Morgan fingerprint density at radius 3 is 2.71 bits per heavy atom. The van der Waals surface area contributed by atoms with Gasteiger partial charge in [0.1, 0.15) is 5.82 Å². The van der Waals surface area contributed by atoms with Crippen LogP contribution in [0.1, 0.15) is 6.92 Å². The number of nitrogens with one attached hydrogen (secondary N) is 1. The number of anilines is 1. The molecule has 2 aromatic carbocycles. The molecule has 0 radical (unpaired) electrons. The van der Waals surface area contributed by atoms with Crippen molar-refractivity contribution in [2.75, 3.05) is 5.32 Å². The Bertz CT molecular complexity index is 839. The van der Waals surface area contributed by atoms with Gasteiger partial charge in [-0.2, -0.15) is 0 Å². The fourth-order valence-electron chi connectivity index (χ4n) is 1.97. The number of carbonyl (C=O) groups excluding carboxylic acids is 1. The zero-order valence-electron chi connectivity index (χ0n) is 12.8. The van der Waals surface area contributed by atoms with Crippen molar-refractivity contribution in [2.24, 2.45) is 0 Å². The molecule has 0 spiro atoms. The molecule has 1 atom stereocenters. The van der Waals surface area contributed by atoms with Crippen molar-refractivity contribution in [3.63, 3.8) is 0 Å². The zero-order valence-corrected chi connectivity index (χ0v) is 13.6. The Labute approximate surface area is 142 Å². The van der Waals surface area contributed by atoms with Crippen LogP contribution in [0, 0.1) is 5.82 Å². The third kappa shape index (κ3) is 3.99. The van der Waals surface area contributed by atoms with Crippen LogP contribution in [0.4, 0.5) is 10.1 Å². The number of amides is 1. The van der Waals surface area contributed by atoms with E-state index in [4.69, 9.17) is 4.42 Å². The smallest absolute Gasteiger partial charge is 0.277 e. The molecule has 0 aliphatic rings. The first-order valence-electron chi connectivity index (χ1n) is 7.24. The van der Waals surface area contributed by atoms with E-state index in [0.29, 0.717) is 16.8 Å². The molecule has 0 saturated carbocycles. The van der Waals surface area contributed by atoms with Crippen LogP contribution >= 0.6 is 11.8 Å². The second-order valence-corrected chi connectivity index (χ2v) is 6.29. The molecule has 0 bridgehead atoms. The monoisotopic (exact) mass is 343 g/mol. The maximum atomic E-state index is 13.1. The highest BCUT2D eigenvalue weighted by Crippen LogP contribution is 2.26. The molecular weight excluding hydrogens is 329 g/mol. The summed E-state index contributed by atoms with van der Waals surface area (Å²) in [6.07, 6.45) is 0. The van der Waals surface area contributed by atoms with E-state index >= 15 is 0 Å². The normalized spacial score (nSPS) is 11.9. The van der Waals surface area contributed by atoms with E-state index in [-0.39, 0.29) is 5.91 Å². The van der Waals surface area contributed by atoms with Gasteiger partial charge in [-0.25, -0.2) is 4.39 Å². The first-order valence-corrected chi connectivity index (χ1v) is 8.12. The van der Waals surface area contributed by atoms with Crippen LogP contribution in [0.25, 0.3) is 11.5 Å². The number of hydrogen-bond acceptors (Lipinski definition) is 5. The van der Waals surface area contributed by atoms with Crippen LogP contribution in [0.15, 0.2) is 64.2 Å². The lowest BCUT2D eigenvalue weighted by molar-refractivity contribution is -0.115. The van der Waals surface area contributed by atoms with E-state index in [2.05, 4.69) is 15.5 Å². The first-order chi connectivity index (χ1) is 11.6. The molecule has 1 amide bonds. The topological polar surface area (TPSA) is 68.0 Å². The molecule has 122 valence electrons. The van der Waals surface area contributed by atoms with Crippen LogP contribution in [-0.2, 0) is 4.79 Å². The number of carbonyl (C=O) groups is 1. The second-order valence-electron chi connectivity index (χ2n) is 5.00. The van der Waals surface area contributed by atoms with E-state index < -0.39 is 11.1 Å². The van der Waals surface area contributed by atoms with Gasteiger partial charge < -0.3 is 9.73 Å². The van der Waals surface area contributed by atoms with E-state index in [1.54, 1.807) is 13.0 Å². The van der Waals surface area contributed by atoms with Crippen LogP contribution in [0.5, 0.6) is 0 Å². The van der Waals surface area contributed by atoms with E-state index in [9.17, 15) is 9.18 Å². The lowest BCUT2D eigenvalue weighted by atomic mass is 10.2. The van der Waals surface area contributed by atoms with Crippen molar-refractivity contribution in [1.82, 2.24) is 10.2 Å². The van der Waals surface area contributed by atoms with Crippen molar-refractivity contribution in [2.45, 2.75) is 17.4 Å². The molecule has 0 aliphatic heterocycles. The van der Waals surface area contributed by atoms with Crippen LogP contribution < -0.4 is 5.32 Å². The first kappa shape index (κ1) is 16.2. The van der Waals surface area contributed by atoms with Gasteiger partial charge in [-0.15, -0.1) is 10.2 Å². The summed E-state index contributed by atoms with van der Waals surface area (Å²) in [5.74, 6) is -0.279. The van der Waals surface area contributed by atoms with Gasteiger partial charge in [0.25, 0.3) is 5.22 Å². The van der Waals surface area contributed by atoms with Crippen molar-refractivity contribution < 1.29 is 13.6 Å². The Kier molecular flexibility index (Phi) is 4.90. The van der Waals surface area contributed by atoms with Gasteiger partial charge in [-0.05, 0) is 37.3 Å². The summed E-state index contributed by atoms with van der Waals surface area (Å²) in [6.45, 7) is 1.71. The summed E-state index contributed by atoms with van der Waals surface area (Å²) < 4.78 is 18.7. The quantitative estimate of drug-likeness (QED) is 0.709. The molecule has 7 heteroatoms. The van der Waals surface area contributed by atoms with Gasteiger partial charge >= 0.3 is 0 Å². The van der Waals surface area contributed by atoms with Gasteiger partial charge in [-0.1, -0.05) is 36.0 Å². The van der Waals surface area contributed by atoms with Crippen LogP contribution in [0.2, 0.25) is 0 Å². The third-order valence-electron chi connectivity index (χ3n) is 3.17. The van der Waals surface area contributed by atoms with E-state index in [1.807, 2.05) is 30.3 Å². The number of nitrogens with zero attached hydrogens (tertiary/aromatic N) is 2. The summed E-state index contributed by atoms with van der Waals surface area (Å²) in [4.78, 5) is 12.2. The van der Waals surface area contributed by atoms with Crippen molar-refractivity contribution in [3.8, 4) is 11.5 Å². The average molecular weight is 343 g/mol. The summed E-state index contributed by atoms with van der Waals surface area (Å²) in [7, 11) is 0. The molecule has 0 saturated heterocycles. The average Bonchev–Trinajstić information content (AvgIpc) is 3.04. The molecule has 3 aromatic rings. The summed E-state index contributed by atoms with van der Waals surface area (Å²) in [5.41, 5.74) is 1.22. The predicted molar refractivity (Wildman–Crippen MR) is 90.1 cm³/mol. The summed E-state index contributed by atoms with van der Waals surface area (Å²) >= 11 is 1.14. The highest BCUT2D eigenvalue weighted by atomic mass is 32.2. The van der Waals surface area contributed by atoms with Gasteiger partial charge in [0.05, 0.1) is 5.25 Å². The lowest BCUT2D eigenvalue weighted by Gasteiger charge is -2.09. The number of aromatic nitrogens is 2. The standard InChI is InChI=1S/C17H14FN3O2S/c1-11(15(22)19-14-9-5-8-13(18)10-14)24-17-21-20-16(23-17)12-6-3-2-4-7-12/h2-11H,1H3,(H,19,22)/t11-/m1/s1.